The lowest BCUT2D eigenvalue weighted by molar-refractivity contribution is 0.209. The van der Waals surface area contributed by atoms with E-state index in [0.717, 1.165) is 12.1 Å². The van der Waals surface area contributed by atoms with Crippen LogP contribution in [0.1, 0.15) is 43.7 Å². The first-order chi connectivity index (χ1) is 9.69. The van der Waals surface area contributed by atoms with E-state index in [4.69, 9.17) is 5.26 Å². The number of nitrogens with zero attached hydrogens (tertiary/aromatic N) is 2. The van der Waals surface area contributed by atoms with Crippen LogP contribution in [-0.2, 0) is 6.54 Å². The van der Waals surface area contributed by atoms with Crippen LogP contribution in [0.5, 0.6) is 0 Å². The molecule has 1 heterocycles. The van der Waals surface area contributed by atoms with Gasteiger partial charge in [-0.25, -0.2) is 0 Å². The molecule has 1 aliphatic rings. The Morgan fingerprint density at radius 1 is 1.45 bits per heavy atom. The largest absolute Gasteiger partial charge is 0.314 e. The van der Waals surface area contributed by atoms with E-state index in [1.54, 1.807) is 0 Å². The summed E-state index contributed by atoms with van der Waals surface area (Å²) in [6, 6.07) is 11.3. The fourth-order valence-electron chi connectivity index (χ4n) is 2.90. The molecule has 1 saturated heterocycles. The van der Waals surface area contributed by atoms with Crippen LogP contribution in [0.2, 0.25) is 0 Å². The van der Waals surface area contributed by atoms with E-state index < -0.39 is 0 Å². The fraction of sp³-hybridized carbons (Fsp3) is 0.588. The van der Waals surface area contributed by atoms with Crippen LogP contribution >= 0.6 is 0 Å². The Hall–Kier alpha value is -1.37. The molecule has 0 amide bonds. The number of nitriles is 1. The highest BCUT2D eigenvalue weighted by molar-refractivity contribution is 5.32. The van der Waals surface area contributed by atoms with E-state index >= 15 is 0 Å². The van der Waals surface area contributed by atoms with Gasteiger partial charge in [-0.05, 0) is 57.5 Å². The van der Waals surface area contributed by atoms with E-state index in [1.165, 1.54) is 37.8 Å². The van der Waals surface area contributed by atoms with Gasteiger partial charge < -0.3 is 5.32 Å². The van der Waals surface area contributed by atoms with Crippen LogP contribution in [0.15, 0.2) is 24.3 Å². The molecule has 0 spiro atoms. The van der Waals surface area contributed by atoms with Gasteiger partial charge in [0.25, 0.3) is 0 Å². The van der Waals surface area contributed by atoms with Crippen molar-refractivity contribution in [3.05, 3.63) is 35.4 Å². The summed E-state index contributed by atoms with van der Waals surface area (Å²) < 4.78 is 0. The molecule has 1 fully saturated rings. The molecule has 0 radical (unpaired) electrons. The minimum absolute atomic E-state index is 0.552. The summed E-state index contributed by atoms with van der Waals surface area (Å²) in [7, 11) is 2.17. The quantitative estimate of drug-likeness (QED) is 0.895. The monoisotopic (exact) mass is 271 g/mol. The van der Waals surface area contributed by atoms with Gasteiger partial charge in [-0.15, -0.1) is 0 Å². The van der Waals surface area contributed by atoms with E-state index in [2.05, 4.69) is 36.3 Å². The standard InChI is InChI=1S/C17H25N3/c1-14(10-17-8-3-4-9-19-17)20(2)13-16-7-5-6-15(11-16)12-18/h5-7,11,14,17,19H,3-4,8-10,13H2,1-2H3. The maximum Gasteiger partial charge on any atom is 0.0991 e. The second-order valence-corrected chi connectivity index (χ2v) is 5.96. The zero-order valence-electron chi connectivity index (χ0n) is 12.6. The van der Waals surface area contributed by atoms with Gasteiger partial charge in [0.1, 0.15) is 0 Å². The first-order valence-corrected chi connectivity index (χ1v) is 7.61. The molecule has 0 aromatic heterocycles. The maximum atomic E-state index is 8.95. The van der Waals surface area contributed by atoms with Crippen molar-refractivity contribution in [3.8, 4) is 6.07 Å². The molecule has 2 rings (SSSR count). The molecular formula is C17H25N3. The summed E-state index contributed by atoms with van der Waals surface area (Å²) in [4.78, 5) is 2.38. The second-order valence-electron chi connectivity index (χ2n) is 5.96. The molecule has 0 bridgehead atoms. The predicted molar refractivity (Wildman–Crippen MR) is 82.3 cm³/mol. The Balaban J connectivity index is 1.86. The molecule has 0 saturated carbocycles. The van der Waals surface area contributed by atoms with Crippen molar-refractivity contribution < 1.29 is 0 Å². The summed E-state index contributed by atoms with van der Waals surface area (Å²) in [6.45, 7) is 4.37. The maximum absolute atomic E-state index is 8.95. The van der Waals surface area contributed by atoms with Gasteiger partial charge in [0.05, 0.1) is 11.6 Å². The van der Waals surface area contributed by atoms with Crippen LogP contribution in [-0.4, -0.2) is 30.6 Å². The van der Waals surface area contributed by atoms with Crippen molar-refractivity contribution >= 4 is 0 Å². The van der Waals surface area contributed by atoms with E-state index in [9.17, 15) is 0 Å². The number of nitrogens with one attached hydrogen (secondary N) is 1. The number of hydrogen-bond donors (Lipinski definition) is 1. The molecular weight excluding hydrogens is 246 g/mol. The van der Waals surface area contributed by atoms with E-state index in [0.29, 0.717) is 12.1 Å². The number of rotatable bonds is 5. The SMILES string of the molecule is CC(CC1CCCCN1)N(C)Cc1cccc(C#N)c1. The summed E-state index contributed by atoms with van der Waals surface area (Å²) in [5.74, 6) is 0. The molecule has 20 heavy (non-hydrogen) atoms. The van der Waals surface area contributed by atoms with Crippen molar-refractivity contribution in [1.82, 2.24) is 10.2 Å². The lowest BCUT2D eigenvalue weighted by Gasteiger charge is -2.31. The average molecular weight is 271 g/mol. The Bertz CT molecular complexity index is 458. The van der Waals surface area contributed by atoms with Crippen molar-refractivity contribution in [2.45, 2.75) is 51.2 Å². The van der Waals surface area contributed by atoms with Gasteiger partial charge in [-0.3, -0.25) is 4.90 Å². The Kier molecular flexibility index (Phi) is 5.58. The first-order valence-electron chi connectivity index (χ1n) is 7.61. The number of hydrogen-bond acceptors (Lipinski definition) is 3. The summed E-state index contributed by atoms with van der Waals surface area (Å²) in [6.07, 6.45) is 5.19. The highest BCUT2D eigenvalue weighted by Gasteiger charge is 2.18. The summed E-state index contributed by atoms with van der Waals surface area (Å²) in [5.41, 5.74) is 1.97. The van der Waals surface area contributed by atoms with E-state index in [1.807, 2.05) is 18.2 Å². The molecule has 1 aromatic rings. The number of benzene rings is 1. The lowest BCUT2D eigenvalue weighted by Crippen LogP contribution is -2.40. The van der Waals surface area contributed by atoms with Gasteiger partial charge in [0.15, 0.2) is 0 Å². The molecule has 3 heteroatoms. The Morgan fingerprint density at radius 3 is 3.00 bits per heavy atom. The molecule has 3 nitrogen and oxygen atoms in total. The smallest absolute Gasteiger partial charge is 0.0991 e. The molecule has 2 atom stereocenters. The van der Waals surface area contributed by atoms with Crippen LogP contribution in [0, 0.1) is 11.3 Å². The van der Waals surface area contributed by atoms with Crippen molar-refractivity contribution in [2.24, 2.45) is 0 Å². The van der Waals surface area contributed by atoms with Crippen molar-refractivity contribution in [3.63, 3.8) is 0 Å². The normalized spacial score (nSPS) is 20.6. The van der Waals surface area contributed by atoms with Gasteiger partial charge in [0.2, 0.25) is 0 Å². The Labute approximate surface area is 122 Å². The number of piperidine rings is 1. The molecule has 1 aromatic carbocycles. The topological polar surface area (TPSA) is 39.1 Å². The highest BCUT2D eigenvalue weighted by atomic mass is 15.1. The van der Waals surface area contributed by atoms with Crippen LogP contribution < -0.4 is 5.32 Å². The summed E-state index contributed by atoms with van der Waals surface area (Å²) in [5, 5.41) is 12.6. The van der Waals surface area contributed by atoms with Crippen LogP contribution in [0.3, 0.4) is 0 Å². The molecule has 1 aliphatic heterocycles. The van der Waals surface area contributed by atoms with Gasteiger partial charge in [-0.2, -0.15) is 5.26 Å². The first kappa shape index (κ1) is 15.0. The Morgan fingerprint density at radius 2 is 2.30 bits per heavy atom. The fourth-order valence-corrected chi connectivity index (χ4v) is 2.90. The van der Waals surface area contributed by atoms with Crippen LogP contribution in [0.4, 0.5) is 0 Å². The minimum atomic E-state index is 0.552. The summed E-state index contributed by atoms with van der Waals surface area (Å²) >= 11 is 0. The second kappa shape index (κ2) is 7.42. The van der Waals surface area contributed by atoms with Gasteiger partial charge in [-0.1, -0.05) is 18.6 Å². The van der Waals surface area contributed by atoms with Gasteiger partial charge in [0, 0.05) is 18.6 Å². The third kappa shape index (κ3) is 4.33. The lowest BCUT2D eigenvalue weighted by atomic mass is 9.98. The van der Waals surface area contributed by atoms with Crippen LogP contribution in [0.25, 0.3) is 0 Å². The molecule has 108 valence electrons. The average Bonchev–Trinajstić information content (AvgIpc) is 2.48. The third-order valence-electron chi connectivity index (χ3n) is 4.28. The third-order valence-corrected chi connectivity index (χ3v) is 4.28. The van der Waals surface area contributed by atoms with Crippen molar-refractivity contribution in [2.75, 3.05) is 13.6 Å². The molecule has 1 N–H and O–H groups in total. The van der Waals surface area contributed by atoms with Crippen molar-refractivity contribution in [1.29, 1.82) is 5.26 Å². The van der Waals surface area contributed by atoms with E-state index in [-0.39, 0.29) is 0 Å². The predicted octanol–water partition coefficient (Wildman–Crippen LogP) is 2.91. The highest BCUT2D eigenvalue weighted by Crippen LogP contribution is 2.16. The molecule has 0 aliphatic carbocycles. The van der Waals surface area contributed by atoms with Gasteiger partial charge >= 0.3 is 0 Å². The zero-order valence-corrected chi connectivity index (χ0v) is 12.6. The zero-order chi connectivity index (χ0) is 14.4. The molecule has 2 unspecified atom stereocenters. The minimum Gasteiger partial charge on any atom is -0.314 e.